The molecule has 96 valence electrons. The first-order chi connectivity index (χ1) is 8.93. The standard InChI is InChI=1S/C12H6F3N3O/c13-12(14,15)11(19)17-10-8-4-2-1-3-7(8)5-6-9(10)18-16/h1-6H. The minimum atomic E-state index is -5.07. The van der Waals surface area contributed by atoms with Gasteiger partial charge in [-0.25, -0.2) is 0 Å². The van der Waals surface area contributed by atoms with Crippen molar-refractivity contribution in [2.24, 2.45) is 4.99 Å². The Labute approximate surface area is 105 Å². The van der Waals surface area contributed by atoms with E-state index in [0.29, 0.717) is 10.8 Å². The molecule has 4 nitrogen and oxygen atoms in total. The van der Waals surface area contributed by atoms with Crippen molar-refractivity contribution in [3.63, 3.8) is 0 Å². The molecule has 0 aliphatic carbocycles. The highest BCUT2D eigenvalue weighted by atomic mass is 19.4. The Balaban J connectivity index is 2.74. The Bertz CT molecular complexity index is 701. The molecule has 0 aliphatic heterocycles. The highest BCUT2D eigenvalue weighted by molar-refractivity contribution is 6.01. The number of halogens is 3. The summed E-state index contributed by atoms with van der Waals surface area (Å²) in [5.41, 5.74) is -0.501. The second-order valence-corrected chi connectivity index (χ2v) is 3.67. The Hall–Kier alpha value is -2.62. The van der Waals surface area contributed by atoms with E-state index in [-0.39, 0.29) is 11.4 Å². The third-order valence-electron chi connectivity index (χ3n) is 2.44. The zero-order valence-corrected chi connectivity index (χ0v) is 9.35. The Kier molecular flexibility index (Phi) is 3.09. The van der Waals surface area contributed by atoms with E-state index in [2.05, 4.69) is 9.97 Å². The quantitative estimate of drug-likeness (QED) is 0.451. The molecule has 0 amide bonds. The molecule has 0 spiro atoms. The van der Waals surface area contributed by atoms with Crippen LogP contribution in [0, 0.1) is 5.39 Å². The molecule has 0 saturated heterocycles. The van der Waals surface area contributed by atoms with Crippen molar-refractivity contribution >= 4 is 28.0 Å². The van der Waals surface area contributed by atoms with Crippen molar-refractivity contribution < 1.29 is 18.3 Å². The first-order valence-corrected chi connectivity index (χ1v) is 5.13. The summed E-state index contributed by atoms with van der Waals surface area (Å²) in [7, 11) is 0. The topological polar surface area (TPSA) is 63.6 Å². The zero-order chi connectivity index (χ0) is 14.0. The van der Waals surface area contributed by atoms with Gasteiger partial charge in [0, 0.05) is 11.5 Å². The van der Waals surface area contributed by atoms with E-state index >= 15 is 0 Å². The van der Waals surface area contributed by atoms with Crippen LogP contribution in [0.4, 0.5) is 24.5 Å². The Morgan fingerprint density at radius 1 is 1.16 bits per heavy atom. The van der Waals surface area contributed by atoms with Crippen molar-refractivity contribution in [2.45, 2.75) is 6.18 Å². The predicted molar refractivity (Wildman–Crippen MR) is 61.8 cm³/mol. The summed E-state index contributed by atoms with van der Waals surface area (Å²) in [6, 6.07) is 9.25. The van der Waals surface area contributed by atoms with Gasteiger partial charge in [0.25, 0.3) is 0 Å². The maximum atomic E-state index is 12.2. The van der Waals surface area contributed by atoms with Crippen LogP contribution in [0.1, 0.15) is 0 Å². The van der Waals surface area contributed by atoms with E-state index in [1.807, 2.05) is 0 Å². The van der Waals surface area contributed by atoms with Gasteiger partial charge in [-0.15, -0.1) is 0 Å². The summed E-state index contributed by atoms with van der Waals surface area (Å²) in [5.74, 6) is -2.24. The van der Waals surface area contributed by atoms with Crippen LogP contribution < -0.4 is 5.11 Å². The molecule has 7 heteroatoms. The first-order valence-electron chi connectivity index (χ1n) is 5.13. The summed E-state index contributed by atoms with van der Waals surface area (Å²) in [4.78, 5) is 5.85. The van der Waals surface area contributed by atoms with Crippen molar-refractivity contribution in [1.82, 2.24) is 0 Å². The van der Waals surface area contributed by atoms with Gasteiger partial charge in [-0.05, 0) is 11.5 Å². The van der Waals surface area contributed by atoms with Crippen LogP contribution in [0.15, 0.2) is 41.4 Å². The number of rotatable bonds is 1. The fraction of sp³-hybridized carbons (Fsp3) is 0.0833. The molecule has 0 saturated carbocycles. The Morgan fingerprint density at radius 2 is 1.84 bits per heavy atom. The maximum absolute atomic E-state index is 12.2. The molecule has 0 heterocycles. The van der Waals surface area contributed by atoms with Crippen LogP contribution in [-0.2, 0) is 0 Å². The highest BCUT2D eigenvalue weighted by Crippen LogP contribution is 2.36. The SMILES string of the molecule is N#[N+]c1ccc2ccccc2c1N=C([O-])C(F)(F)F. The molecule has 2 aromatic carbocycles. The third-order valence-corrected chi connectivity index (χ3v) is 2.44. The second kappa shape index (κ2) is 4.57. The van der Waals surface area contributed by atoms with Gasteiger partial charge in [-0.1, -0.05) is 24.3 Å². The van der Waals surface area contributed by atoms with E-state index in [1.165, 1.54) is 12.1 Å². The summed E-state index contributed by atoms with van der Waals surface area (Å²) in [6.07, 6.45) is -5.07. The molecule has 2 aromatic rings. The average Bonchev–Trinajstić information content (AvgIpc) is 2.38. The lowest BCUT2D eigenvalue weighted by Crippen LogP contribution is -2.34. The van der Waals surface area contributed by atoms with Crippen LogP contribution in [0.5, 0.6) is 0 Å². The van der Waals surface area contributed by atoms with E-state index in [4.69, 9.17) is 5.39 Å². The van der Waals surface area contributed by atoms with Gasteiger partial charge in [0.15, 0.2) is 10.7 Å². The fourth-order valence-corrected chi connectivity index (χ4v) is 1.61. The van der Waals surface area contributed by atoms with Crippen LogP contribution in [0.2, 0.25) is 0 Å². The molecule has 0 atom stereocenters. The Morgan fingerprint density at radius 3 is 2.47 bits per heavy atom. The van der Waals surface area contributed by atoms with E-state index < -0.39 is 12.1 Å². The van der Waals surface area contributed by atoms with E-state index in [9.17, 15) is 18.3 Å². The molecule has 0 bridgehead atoms. The van der Waals surface area contributed by atoms with Crippen LogP contribution in [-0.4, -0.2) is 12.1 Å². The van der Waals surface area contributed by atoms with Crippen molar-refractivity contribution in [2.75, 3.05) is 0 Å². The molecule has 0 aromatic heterocycles. The molecule has 0 fully saturated rings. The molecular weight excluding hydrogens is 259 g/mol. The lowest BCUT2D eigenvalue weighted by atomic mass is 10.1. The van der Waals surface area contributed by atoms with Crippen LogP contribution in [0.3, 0.4) is 0 Å². The molecule has 0 aliphatic rings. The molecule has 2 rings (SSSR count). The van der Waals surface area contributed by atoms with Gasteiger partial charge < -0.3 is 5.11 Å². The van der Waals surface area contributed by atoms with Gasteiger partial charge in [0.2, 0.25) is 5.39 Å². The zero-order valence-electron chi connectivity index (χ0n) is 9.35. The lowest BCUT2D eigenvalue weighted by molar-refractivity contribution is -0.262. The number of benzene rings is 2. The summed E-state index contributed by atoms with van der Waals surface area (Å²) < 4.78 is 36.7. The van der Waals surface area contributed by atoms with Gasteiger partial charge >= 0.3 is 11.9 Å². The number of aliphatic imine (C=N–C) groups is 1. The highest BCUT2D eigenvalue weighted by Gasteiger charge is 2.29. The minimum absolute atomic E-state index is 0.198. The number of diazo groups is 1. The van der Waals surface area contributed by atoms with Gasteiger partial charge in [0.1, 0.15) is 0 Å². The van der Waals surface area contributed by atoms with Crippen LogP contribution in [0.25, 0.3) is 15.7 Å². The second-order valence-electron chi connectivity index (χ2n) is 3.67. The summed E-state index contributed by atoms with van der Waals surface area (Å²) >= 11 is 0. The molecule has 0 unspecified atom stereocenters. The number of nitrogens with zero attached hydrogens (tertiary/aromatic N) is 3. The van der Waals surface area contributed by atoms with E-state index in [1.54, 1.807) is 24.3 Å². The molecule has 0 radical (unpaired) electrons. The molecule has 0 N–H and O–H groups in total. The predicted octanol–water partition coefficient (Wildman–Crippen LogP) is 3.28. The summed E-state index contributed by atoms with van der Waals surface area (Å²) in [5, 5.41) is 20.6. The van der Waals surface area contributed by atoms with Gasteiger partial charge in [0.05, 0.1) is 5.90 Å². The third kappa shape index (κ3) is 2.47. The van der Waals surface area contributed by atoms with Crippen molar-refractivity contribution in [3.05, 3.63) is 41.4 Å². The van der Waals surface area contributed by atoms with Crippen molar-refractivity contribution in [3.8, 4) is 0 Å². The normalized spacial score (nSPS) is 12.4. The largest absolute Gasteiger partial charge is 0.855 e. The number of fused-ring (bicyclic) bond motifs is 1. The molecule has 19 heavy (non-hydrogen) atoms. The maximum Gasteiger partial charge on any atom is 0.419 e. The van der Waals surface area contributed by atoms with Gasteiger partial charge in [-0.2, -0.15) is 13.2 Å². The van der Waals surface area contributed by atoms with Gasteiger partial charge in [-0.3, -0.25) is 4.99 Å². The average molecular weight is 265 g/mol. The minimum Gasteiger partial charge on any atom is -0.855 e. The van der Waals surface area contributed by atoms with Crippen molar-refractivity contribution in [1.29, 1.82) is 5.39 Å². The van der Waals surface area contributed by atoms with Crippen LogP contribution >= 0.6 is 0 Å². The smallest absolute Gasteiger partial charge is 0.419 e. The lowest BCUT2D eigenvalue weighted by Gasteiger charge is -2.13. The fourth-order valence-electron chi connectivity index (χ4n) is 1.61. The number of hydrogen-bond donors (Lipinski definition) is 0. The number of alkyl halides is 3. The number of hydrogen-bond acceptors (Lipinski definition) is 3. The summed E-state index contributed by atoms with van der Waals surface area (Å²) in [6.45, 7) is 0. The monoisotopic (exact) mass is 265 g/mol. The molecular formula is C12H6F3N3O. The van der Waals surface area contributed by atoms with E-state index in [0.717, 1.165) is 0 Å². The first kappa shape index (κ1) is 12.8.